The summed E-state index contributed by atoms with van der Waals surface area (Å²) in [4.78, 5) is 16.0. The van der Waals surface area contributed by atoms with Crippen LogP contribution >= 0.6 is 0 Å². The number of aromatic nitrogens is 4. The van der Waals surface area contributed by atoms with Crippen molar-refractivity contribution in [1.82, 2.24) is 19.6 Å². The fourth-order valence-electron chi connectivity index (χ4n) is 3.67. The van der Waals surface area contributed by atoms with Crippen molar-refractivity contribution in [2.75, 3.05) is 11.4 Å². The van der Waals surface area contributed by atoms with E-state index in [1.165, 1.54) is 11.6 Å². The monoisotopic (exact) mass is 422 g/mol. The predicted octanol–water partition coefficient (Wildman–Crippen LogP) is 5.73. The van der Waals surface area contributed by atoms with E-state index in [-0.39, 0.29) is 11.9 Å². The standard InChI is InChI=1S/C22H25FN6.C2H6/c1-5-24-20-15(4)8-10-28(22-25-12-16(13-26-22)14(2)3)21(20)18-11-19-17(23)7-6-9-29(19)27-18;1-2/h5-7,9,11-14,21H,8,10H2,1-4H3;1-2H3/t21-;/m0./s1. The van der Waals surface area contributed by atoms with Crippen LogP contribution < -0.4 is 4.90 Å². The Kier molecular flexibility index (Phi) is 7.15. The molecule has 0 bridgehead atoms. The Morgan fingerprint density at radius 1 is 1.23 bits per heavy atom. The molecule has 1 atom stereocenters. The summed E-state index contributed by atoms with van der Waals surface area (Å²) in [7, 11) is 0. The molecular weight excluding hydrogens is 391 g/mol. The molecule has 0 saturated heterocycles. The predicted molar refractivity (Wildman–Crippen MR) is 124 cm³/mol. The van der Waals surface area contributed by atoms with Crippen molar-refractivity contribution in [2.24, 2.45) is 4.99 Å². The minimum Gasteiger partial charge on any atom is -0.326 e. The summed E-state index contributed by atoms with van der Waals surface area (Å²) in [5.41, 5.74) is 4.38. The fourth-order valence-corrected chi connectivity index (χ4v) is 3.67. The van der Waals surface area contributed by atoms with Gasteiger partial charge in [0.2, 0.25) is 5.95 Å². The molecule has 4 rings (SSSR count). The van der Waals surface area contributed by atoms with Crippen LogP contribution in [-0.2, 0) is 0 Å². The summed E-state index contributed by atoms with van der Waals surface area (Å²) in [6.07, 6.45) is 8.15. The lowest BCUT2D eigenvalue weighted by molar-refractivity contribution is 0.598. The van der Waals surface area contributed by atoms with Crippen LogP contribution in [0.3, 0.4) is 0 Å². The van der Waals surface area contributed by atoms with E-state index in [1.807, 2.05) is 33.2 Å². The zero-order valence-electron chi connectivity index (χ0n) is 19.2. The van der Waals surface area contributed by atoms with Gasteiger partial charge in [-0.3, -0.25) is 4.99 Å². The van der Waals surface area contributed by atoms with Crippen LogP contribution in [0.2, 0.25) is 0 Å². The number of hydrogen-bond acceptors (Lipinski definition) is 5. The second-order valence-electron chi connectivity index (χ2n) is 7.63. The lowest BCUT2D eigenvalue weighted by Crippen LogP contribution is -2.36. The Morgan fingerprint density at radius 2 is 1.94 bits per heavy atom. The number of nitrogens with zero attached hydrogens (tertiary/aromatic N) is 6. The zero-order chi connectivity index (χ0) is 22.5. The number of aliphatic imine (C=N–C) groups is 1. The molecular formula is C24H31FN6. The Bertz CT molecular complexity index is 1080. The summed E-state index contributed by atoms with van der Waals surface area (Å²) >= 11 is 0. The Labute approximate surface area is 183 Å². The number of anilines is 1. The maximum Gasteiger partial charge on any atom is 0.226 e. The first-order valence-corrected chi connectivity index (χ1v) is 10.9. The molecule has 0 unspecified atom stereocenters. The third-order valence-electron chi connectivity index (χ3n) is 5.33. The van der Waals surface area contributed by atoms with Gasteiger partial charge in [-0.05, 0) is 55.5 Å². The van der Waals surface area contributed by atoms with Crippen LogP contribution in [0.25, 0.3) is 5.52 Å². The summed E-state index contributed by atoms with van der Waals surface area (Å²) in [6.45, 7) is 13.0. The number of fused-ring (bicyclic) bond motifs is 1. The van der Waals surface area contributed by atoms with E-state index in [1.54, 1.807) is 29.1 Å². The smallest absolute Gasteiger partial charge is 0.226 e. The maximum atomic E-state index is 14.3. The minimum absolute atomic E-state index is 0.274. The Balaban J connectivity index is 0.00000132. The average Bonchev–Trinajstić information content (AvgIpc) is 3.22. The van der Waals surface area contributed by atoms with Gasteiger partial charge in [0.25, 0.3) is 0 Å². The van der Waals surface area contributed by atoms with Gasteiger partial charge in [-0.1, -0.05) is 27.7 Å². The van der Waals surface area contributed by atoms with Gasteiger partial charge >= 0.3 is 0 Å². The normalized spacial score (nSPS) is 16.9. The molecule has 1 aliphatic rings. The molecule has 3 aromatic heterocycles. The van der Waals surface area contributed by atoms with E-state index < -0.39 is 0 Å². The van der Waals surface area contributed by atoms with Crippen LogP contribution in [0.5, 0.6) is 0 Å². The molecule has 7 heteroatoms. The highest BCUT2D eigenvalue weighted by molar-refractivity contribution is 5.59. The molecule has 4 heterocycles. The SMILES string of the molecule is CC.CC=NC1=C(C)CCN(c2ncc(C(C)C)cn2)[C@H]1c1cc2c(F)cccn2n1. The van der Waals surface area contributed by atoms with E-state index in [0.717, 1.165) is 29.9 Å². The van der Waals surface area contributed by atoms with Crippen molar-refractivity contribution in [2.45, 2.75) is 59.9 Å². The topological polar surface area (TPSA) is 58.7 Å². The molecule has 1 aliphatic heterocycles. The Morgan fingerprint density at radius 3 is 2.55 bits per heavy atom. The van der Waals surface area contributed by atoms with Gasteiger partial charge in [-0.25, -0.2) is 18.9 Å². The lowest BCUT2D eigenvalue weighted by atomic mass is 9.97. The van der Waals surface area contributed by atoms with Gasteiger partial charge < -0.3 is 4.90 Å². The molecule has 6 nitrogen and oxygen atoms in total. The van der Waals surface area contributed by atoms with Crippen molar-refractivity contribution < 1.29 is 4.39 Å². The van der Waals surface area contributed by atoms with E-state index in [0.29, 0.717) is 17.4 Å². The summed E-state index contributed by atoms with van der Waals surface area (Å²) in [5.74, 6) is 0.700. The average molecular weight is 423 g/mol. The molecule has 3 aromatic rings. The Hall–Kier alpha value is -3.09. The van der Waals surface area contributed by atoms with Crippen molar-refractivity contribution >= 4 is 17.7 Å². The molecule has 0 saturated carbocycles. The second kappa shape index (κ2) is 9.81. The van der Waals surface area contributed by atoms with Gasteiger partial charge in [0.1, 0.15) is 17.4 Å². The highest BCUT2D eigenvalue weighted by atomic mass is 19.1. The molecule has 0 fully saturated rings. The number of hydrogen-bond donors (Lipinski definition) is 0. The molecule has 0 radical (unpaired) electrons. The first-order chi connectivity index (χ1) is 15.0. The number of rotatable bonds is 4. The van der Waals surface area contributed by atoms with Gasteiger partial charge in [0, 0.05) is 31.3 Å². The molecule has 0 N–H and O–H groups in total. The number of pyridine rings is 1. The molecule has 0 spiro atoms. The van der Waals surface area contributed by atoms with Gasteiger partial charge in [0.05, 0.1) is 11.4 Å². The third kappa shape index (κ3) is 4.50. The first kappa shape index (κ1) is 22.6. The van der Waals surface area contributed by atoms with Crippen LogP contribution in [0.15, 0.2) is 53.1 Å². The van der Waals surface area contributed by atoms with E-state index in [4.69, 9.17) is 0 Å². The van der Waals surface area contributed by atoms with Gasteiger partial charge in [0.15, 0.2) is 0 Å². The quantitative estimate of drug-likeness (QED) is 0.504. The zero-order valence-corrected chi connectivity index (χ0v) is 19.2. The second-order valence-corrected chi connectivity index (χ2v) is 7.63. The van der Waals surface area contributed by atoms with Gasteiger partial charge in [-0.2, -0.15) is 5.10 Å². The molecule has 0 amide bonds. The van der Waals surface area contributed by atoms with Crippen LogP contribution in [-0.4, -0.2) is 32.3 Å². The summed E-state index contributed by atoms with van der Waals surface area (Å²) in [5, 5.41) is 4.66. The van der Waals surface area contributed by atoms with Crippen molar-refractivity contribution in [1.29, 1.82) is 0 Å². The largest absolute Gasteiger partial charge is 0.326 e. The van der Waals surface area contributed by atoms with Crippen molar-refractivity contribution in [3.8, 4) is 0 Å². The summed E-state index contributed by atoms with van der Waals surface area (Å²) < 4.78 is 15.9. The molecule has 0 aliphatic carbocycles. The summed E-state index contributed by atoms with van der Waals surface area (Å²) in [6, 6.07) is 4.61. The van der Waals surface area contributed by atoms with Crippen molar-refractivity contribution in [3.05, 3.63) is 65.1 Å². The molecule has 31 heavy (non-hydrogen) atoms. The van der Waals surface area contributed by atoms with Gasteiger partial charge in [-0.15, -0.1) is 0 Å². The highest BCUT2D eigenvalue weighted by Crippen LogP contribution is 2.38. The van der Waals surface area contributed by atoms with E-state index >= 15 is 0 Å². The molecule has 0 aromatic carbocycles. The minimum atomic E-state index is -0.299. The van der Waals surface area contributed by atoms with E-state index in [2.05, 4.69) is 45.7 Å². The van der Waals surface area contributed by atoms with Crippen LogP contribution in [0.4, 0.5) is 10.3 Å². The van der Waals surface area contributed by atoms with E-state index in [9.17, 15) is 4.39 Å². The van der Waals surface area contributed by atoms with Crippen LogP contribution in [0.1, 0.15) is 71.2 Å². The number of halogens is 1. The first-order valence-electron chi connectivity index (χ1n) is 10.9. The van der Waals surface area contributed by atoms with Crippen LogP contribution in [0, 0.1) is 5.82 Å². The molecule has 164 valence electrons. The fraction of sp³-hybridized carbons (Fsp3) is 0.417. The third-order valence-corrected chi connectivity index (χ3v) is 5.33. The van der Waals surface area contributed by atoms with Crippen molar-refractivity contribution in [3.63, 3.8) is 0 Å². The lowest BCUT2D eigenvalue weighted by Gasteiger charge is -2.36. The highest BCUT2D eigenvalue weighted by Gasteiger charge is 2.33. The maximum absolute atomic E-state index is 14.3.